The van der Waals surface area contributed by atoms with E-state index >= 15 is 0 Å². The highest BCUT2D eigenvalue weighted by Gasteiger charge is 2.43. The van der Waals surface area contributed by atoms with Gasteiger partial charge in [0.05, 0.1) is 0 Å². The highest BCUT2D eigenvalue weighted by atomic mass is 19.1. The van der Waals surface area contributed by atoms with Crippen LogP contribution < -0.4 is 10.6 Å². The molecule has 132 valence electrons. The Hall–Kier alpha value is -1.99. The first-order valence-corrected chi connectivity index (χ1v) is 8.79. The fourth-order valence-corrected chi connectivity index (χ4v) is 4.33. The summed E-state index contributed by atoms with van der Waals surface area (Å²) in [6, 6.07) is 11.2. The minimum Gasteiger partial charge on any atom is -0.316 e. The molecule has 3 atom stereocenters. The summed E-state index contributed by atoms with van der Waals surface area (Å²) in [5.41, 5.74) is -0.00989. The van der Waals surface area contributed by atoms with Gasteiger partial charge in [-0.25, -0.2) is 4.39 Å². The molecule has 1 aromatic rings. The minimum atomic E-state index is -1.15. The van der Waals surface area contributed by atoms with E-state index in [1.54, 1.807) is 7.05 Å². The highest BCUT2D eigenvalue weighted by Crippen LogP contribution is 2.39. The van der Waals surface area contributed by atoms with Gasteiger partial charge in [-0.05, 0) is 49.4 Å². The fourth-order valence-electron chi connectivity index (χ4n) is 4.33. The summed E-state index contributed by atoms with van der Waals surface area (Å²) in [5, 5.41) is 25.0. The van der Waals surface area contributed by atoms with Crippen LogP contribution in [0.3, 0.4) is 0 Å². The van der Waals surface area contributed by atoms with Crippen LogP contribution >= 0.6 is 0 Å². The lowest BCUT2D eigenvalue weighted by Gasteiger charge is -2.26. The van der Waals surface area contributed by atoms with E-state index in [-0.39, 0.29) is 11.9 Å². The number of nitriles is 2. The Bertz CT molecular complexity index is 647. The zero-order valence-electron chi connectivity index (χ0n) is 14.5. The third kappa shape index (κ3) is 3.99. The summed E-state index contributed by atoms with van der Waals surface area (Å²) >= 11 is 0. The second kappa shape index (κ2) is 7.49. The highest BCUT2D eigenvalue weighted by molar-refractivity contribution is 5.24. The summed E-state index contributed by atoms with van der Waals surface area (Å²) in [6.07, 6.45) is 2.00. The smallest absolute Gasteiger partial charge is 0.206 e. The van der Waals surface area contributed by atoms with Crippen LogP contribution in [0.2, 0.25) is 0 Å². The van der Waals surface area contributed by atoms with Gasteiger partial charge in [-0.3, -0.25) is 10.2 Å². The van der Waals surface area contributed by atoms with Gasteiger partial charge in [0, 0.05) is 32.2 Å². The van der Waals surface area contributed by atoms with Gasteiger partial charge in [-0.15, -0.1) is 0 Å². The van der Waals surface area contributed by atoms with Crippen LogP contribution in [0.5, 0.6) is 0 Å². The third-order valence-corrected chi connectivity index (χ3v) is 5.42. The normalized spacial score (nSPS) is 26.2. The third-order valence-electron chi connectivity index (χ3n) is 5.42. The maximum Gasteiger partial charge on any atom is 0.206 e. The van der Waals surface area contributed by atoms with E-state index in [1.165, 1.54) is 12.1 Å². The van der Waals surface area contributed by atoms with Crippen LogP contribution in [-0.4, -0.2) is 43.2 Å². The van der Waals surface area contributed by atoms with Gasteiger partial charge < -0.3 is 5.32 Å². The Morgan fingerprint density at radius 2 is 1.76 bits per heavy atom. The largest absolute Gasteiger partial charge is 0.316 e. The molecule has 5 nitrogen and oxygen atoms in total. The van der Waals surface area contributed by atoms with Crippen molar-refractivity contribution in [3.8, 4) is 12.1 Å². The zero-order valence-corrected chi connectivity index (χ0v) is 14.5. The average molecular weight is 341 g/mol. The number of fused-ring (bicyclic) bond motifs is 1. The Kier molecular flexibility index (Phi) is 5.34. The summed E-state index contributed by atoms with van der Waals surface area (Å²) < 4.78 is 13.0. The van der Waals surface area contributed by atoms with Crippen molar-refractivity contribution >= 4 is 0 Å². The molecule has 1 heterocycles. The lowest BCUT2D eigenvalue weighted by Crippen LogP contribution is -2.53. The molecule has 0 spiro atoms. The predicted molar refractivity (Wildman–Crippen MR) is 92.7 cm³/mol. The molecule has 0 amide bonds. The van der Waals surface area contributed by atoms with Crippen molar-refractivity contribution in [3.63, 3.8) is 0 Å². The van der Waals surface area contributed by atoms with Crippen molar-refractivity contribution in [3.05, 3.63) is 35.6 Å². The molecular weight excluding hydrogens is 317 g/mol. The average Bonchev–Trinajstić information content (AvgIpc) is 3.14. The molecule has 0 radical (unpaired) electrons. The molecule has 0 bridgehead atoms. The van der Waals surface area contributed by atoms with Crippen molar-refractivity contribution in [2.45, 2.75) is 31.0 Å². The van der Waals surface area contributed by atoms with Gasteiger partial charge in [-0.1, -0.05) is 12.1 Å². The second-order valence-electron chi connectivity index (χ2n) is 7.31. The standard InChI is InChI=1S/C19H24FN5/c1-23-13-19(11-21,12-22)24-18-6-15-9-25(10-16(15)7-18)8-14-2-4-17(20)5-3-14/h2-5,15-16,18,23-24H,6-10,13H2,1H3/t15-,16?,18?/m0/s1. The molecule has 2 fully saturated rings. The Balaban J connectivity index is 1.53. The summed E-state index contributed by atoms with van der Waals surface area (Å²) in [4.78, 5) is 2.42. The molecule has 2 N–H and O–H groups in total. The number of nitrogens with one attached hydrogen (secondary N) is 2. The number of benzene rings is 1. The Morgan fingerprint density at radius 1 is 1.16 bits per heavy atom. The molecule has 3 rings (SSSR count). The maximum absolute atomic E-state index is 13.0. The number of hydrogen-bond donors (Lipinski definition) is 2. The number of hydrogen-bond acceptors (Lipinski definition) is 5. The van der Waals surface area contributed by atoms with Crippen LogP contribution in [0.1, 0.15) is 18.4 Å². The summed E-state index contributed by atoms with van der Waals surface area (Å²) in [7, 11) is 1.75. The van der Waals surface area contributed by atoms with Crippen LogP contribution in [0.15, 0.2) is 24.3 Å². The van der Waals surface area contributed by atoms with E-state index in [0.717, 1.165) is 38.0 Å². The van der Waals surface area contributed by atoms with E-state index < -0.39 is 5.54 Å². The number of halogens is 1. The van der Waals surface area contributed by atoms with Crippen LogP contribution in [-0.2, 0) is 6.54 Å². The number of rotatable bonds is 6. The van der Waals surface area contributed by atoms with Gasteiger partial charge in [0.1, 0.15) is 18.0 Å². The lowest BCUT2D eigenvalue weighted by molar-refractivity contribution is 0.287. The van der Waals surface area contributed by atoms with Gasteiger partial charge >= 0.3 is 0 Å². The van der Waals surface area contributed by atoms with Gasteiger partial charge in [0.25, 0.3) is 0 Å². The first-order chi connectivity index (χ1) is 12.1. The second-order valence-corrected chi connectivity index (χ2v) is 7.31. The molecule has 2 aliphatic rings. The Morgan fingerprint density at radius 3 is 2.28 bits per heavy atom. The van der Waals surface area contributed by atoms with Gasteiger partial charge in [-0.2, -0.15) is 10.5 Å². The molecule has 2 unspecified atom stereocenters. The molecule has 0 aromatic heterocycles. The fraction of sp³-hybridized carbons (Fsp3) is 0.579. The summed E-state index contributed by atoms with van der Waals surface area (Å²) in [6.45, 7) is 3.23. The van der Waals surface area contributed by atoms with Gasteiger partial charge in [0.2, 0.25) is 5.54 Å². The molecule has 1 saturated carbocycles. The quantitative estimate of drug-likeness (QED) is 0.823. The Labute approximate surface area is 148 Å². The molecule has 25 heavy (non-hydrogen) atoms. The molecule has 1 aliphatic carbocycles. The first kappa shape index (κ1) is 17.8. The van der Waals surface area contributed by atoms with E-state index in [0.29, 0.717) is 18.4 Å². The maximum atomic E-state index is 13.0. The topological polar surface area (TPSA) is 74.9 Å². The predicted octanol–water partition coefficient (Wildman–Crippen LogP) is 1.63. The molecule has 1 saturated heterocycles. The summed E-state index contributed by atoms with van der Waals surface area (Å²) in [5.74, 6) is 1.00. The van der Waals surface area contributed by atoms with Crippen molar-refractivity contribution in [2.75, 3.05) is 26.7 Å². The van der Waals surface area contributed by atoms with Gasteiger partial charge in [0.15, 0.2) is 0 Å². The zero-order chi connectivity index (χ0) is 17.9. The first-order valence-electron chi connectivity index (χ1n) is 8.79. The van der Waals surface area contributed by atoms with E-state index in [4.69, 9.17) is 0 Å². The van der Waals surface area contributed by atoms with Crippen molar-refractivity contribution in [1.29, 1.82) is 10.5 Å². The van der Waals surface area contributed by atoms with E-state index in [1.807, 2.05) is 12.1 Å². The number of likely N-dealkylation sites (N-methyl/N-ethyl adjacent to an activating group) is 1. The molecule has 6 heteroatoms. The van der Waals surface area contributed by atoms with Crippen molar-refractivity contribution in [2.24, 2.45) is 11.8 Å². The van der Waals surface area contributed by atoms with Crippen molar-refractivity contribution < 1.29 is 4.39 Å². The molecule has 1 aliphatic heterocycles. The van der Waals surface area contributed by atoms with E-state index in [9.17, 15) is 14.9 Å². The van der Waals surface area contributed by atoms with Crippen LogP contribution in [0.25, 0.3) is 0 Å². The van der Waals surface area contributed by atoms with Crippen LogP contribution in [0.4, 0.5) is 4.39 Å². The molecule has 1 aromatic carbocycles. The van der Waals surface area contributed by atoms with Crippen LogP contribution in [0, 0.1) is 40.3 Å². The molecular formula is C19H24FN5. The minimum absolute atomic E-state index is 0.198. The lowest BCUT2D eigenvalue weighted by atomic mass is 10.0. The number of likely N-dealkylation sites (tertiary alicyclic amines) is 1. The SMILES string of the molecule is CNCC(C#N)(C#N)NC1CC2CN(Cc3ccc(F)cc3)C[C@@H]2C1. The van der Waals surface area contributed by atoms with Crippen molar-refractivity contribution in [1.82, 2.24) is 15.5 Å². The monoisotopic (exact) mass is 341 g/mol. The number of nitrogens with zero attached hydrogens (tertiary/aromatic N) is 3. The van der Waals surface area contributed by atoms with E-state index in [2.05, 4.69) is 27.7 Å².